The molecule has 6 nitrogen and oxygen atoms in total. The second-order valence-corrected chi connectivity index (χ2v) is 6.82. The predicted octanol–water partition coefficient (Wildman–Crippen LogP) is 2.57. The summed E-state index contributed by atoms with van der Waals surface area (Å²) in [5, 5.41) is 12.3. The molecule has 0 spiro atoms. The average molecular weight is 367 g/mol. The van der Waals surface area contributed by atoms with E-state index in [2.05, 4.69) is 5.32 Å². The molecule has 6 heteroatoms. The number of carbonyl (C=O) groups is 2. The Balaban J connectivity index is 1.48. The van der Waals surface area contributed by atoms with E-state index in [-0.39, 0.29) is 18.4 Å². The molecule has 0 fully saturated rings. The van der Waals surface area contributed by atoms with Gasteiger partial charge in [-0.2, -0.15) is 0 Å². The van der Waals surface area contributed by atoms with E-state index in [9.17, 15) is 14.7 Å². The van der Waals surface area contributed by atoms with Crippen LogP contribution in [0, 0.1) is 0 Å². The molecule has 2 heterocycles. The fourth-order valence-electron chi connectivity index (χ4n) is 3.71. The summed E-state index contributed by atoms with van der Waals surface area (Å²) in [5.74, 6) is -0.658. The van der Waals surface area contributed by atoms with Gasteiger partial charge in [-0.25, -0.2) is 4.79 Å². The molecular formula is C21H21NO5. The summed E-state index contributed by atoms with van der Waals surface area (Å²) in [7, 11) is 0. The number of carboxylic acids is 1. The Labute approximate surface area is 157 Å². The molecule has 0 aromatic heterocycles. The standard InChI is InChI=1S/C21H21NO5/c23-19(12-18-16-4-2-1-3-13(16)7-9-27-18)22-20(21(24)25)15-5-6-17-14(11-15)8-10-26-17/h1-6,11,18,20H,7-10,12H2,(H,22,23)(H,24,25). The molecule has 0 saturated carbocycles. The molecule has 0 bridgehead atoms. The van der Waals surface area contributed by atoms with Crippen molar-refractivity contribution in [3.05, 3.63) is 64.7 Å². The lowest BCUT2D eigenvalue weighted by atomic mass is 9.95. The quantitative estimate of drug-likeness (QED) is 0.848. The third-order valence-corrected chi connectivity index (χ3v) is 5.06. The van der Waals surface area contributed by atoms with E-state index in [4.69, 9.17) is 9.47 Å². The first kappa shape index (κ1) is 17.5. The van der Waals surface area contributed by atoms with E-state index in [1.807, 2.05) is 24.3 Å². The molecule has 2 aliphatic rings. The van der Waals surface area contributed by atoms with Gasteiger partial charge >= 0.3 is 5.97 Å². The van der Waals surface area contributed by atoms with Crippen molar-refractivity contribution in [3.8, 4) is 5.75 Å². The van der Waals surface area contributed by atoms with Crippen molar-refractivity contribution in [2.75, 3.05) is 13.2 Å². The van der Waals surface area contributed by atoms with Crippen LogP contribution >= 0.6 is 0 Å². The highest BCUT2D eigenvalue weighted by molar-refractivity contribution is 5.85. The summed E-state index contributed by atoms with van der Waals surface area (Å²) in [6.45, 7) is 1.16. The number of fused-ring (bicyclic) bond motifs is 2. The van der Waals surface area contributed by atoms with Gasteiger partial charge < -0.3 is 19.9 Å². The van der Waals surface area contributed by atoms with Crippen LogP contribution in [0.25, 0.3) is 0 Å². The molecule has 2 unspecified atom stereocenters. The minimum Gasteiger partial charge on any atom is -0.493 e. The van der Waals surface area contributed by atoms with Crippen LogP contribution in [0.15, 0.2) is 42.5 Å². The average Bonchev–Trinajstić information content (AvgIpc) is 3.14. The van der Waals surface area contributed by atoms with Crippen molar-refractivity contribution >= 4 is 11.9 Å². The third-order valence-electron chi connectivity index (χ3n) is 5.06. The molecule has 2 atom stereocenters. The van der Waals surface area contributed by atoms with Gasteiger partial charge in [-0.15, -0.1) is 0 Å². The van der Waals surface area contributed by atoms with E-state index in [0.717, 1.165) is 29.7 Å². The predicted molar refractivity (Wildman–Crippen MR) is 97.6 cm³/mol. The highest BCUT2D eigenvalue weighted by Gasteiger charge is 2.28. The largest absolute Gasteiger partial charge is 0.493 e. The van der Waals surface area contributed by atoms with Crippen LogP contribution in [0.3, 0.4) is 0 Å². The number of hydrogen-bond donors (Lipinski definition) is 2. The Morgan fingerprint density at radius 1 is 1.11 bits per heavy atom. The molecule has 1 amide bonds. The highest BCUT2D eigenvalue weighted by Crippen LogP contribution is 2.31. The van der Waals surface area contributed by atoms with Crippen molar-refractivity contribution in [2.24, 2.45) is 0 Å². The van der Waals surface area contributed by atoms with Crippen molar-refractivity contribution in [1.82, 2.24) is 5.32 Å². The molecule has 140 valence electrons. The van der Waals surface area contributed by atoms with Gasteiger partial charge in [-0.3, -0.25) is 4.79 Å². The maximum Gasteiger partial charge on any atom is 0.330 e. The van der Waals surface area contributed by atoms with Crippen molar-refractivity contribution in [1.29, 1.82) is 0 Å². The summed E-state index contributed by atoms with van der Waals surface area (Å²) in [5.41, 5.74) is 3.69. The summed E-state index contributed by atoms with van der Waals surface area (Å²) in [6.07, 6.45) is 1.31. The summed E-state index contributed by atoms with van der Waals surface area (Å²) < 4.78 is 11.2. The normalized spacial score (nSPS) is 18.7. The number of carbonyl (C=O) groups excluding carboxylic acids is 1. The minimum absolute atomic E-state index is 0.0921. The zero-order chi connectivity index (χ0) is 18.8. The molecule has 27 heavy (non-hydrogen) atoms. The monoisotopic (exact) mass is 367 g/mol. The second kappa shape index (κ2) is 7.40. The fraction of sp³-hybridized carbons (Fsp3) is 0.333. The molecular weight excluding hydrogens is 346 g/mol. The Kier molecular flexibility index (Phi) is 4.81. The van der Waals surface area contributed by atoms with E-state index >= 15 is 0 Å². The van der Waals surface area contributed by atoms with Crippen LogP contribution in [0.2, 0.25) is 0 Å². The van der Waals surface area contributed by atoms with Gasteiger partial charge in [-0.05, 0) is 40.8 Å². The molecule has 0 saturated heterocycles. The van der Waals surface area contributed by atoms with Gasteiger partial charge in [0.25, 0.3) is 0 Å². The van der Waals surface area contributed by atoms with Gasteiger partial charge in [-0.1, -0.05) is 30.3 Å². The number of aliphatic carboxylic acids is 1. The van der Waals surface area contributed by atoms with E-state index < -0.39 is 12.0 Å². The lowest BCUT2D eigenvalue weighted by Crippen LogP contribution is -2.35. The molecule has 0 radical (unpaired) electrons. The van der Waals surface area contributed by atoms with Crippen molar-refractivity contribution in [2.45, 2.75) is 31.4 Å². The number of nitrogens with one attached hydrogen (secondary N) is 1. The number of hydrogen-bond acceptors (Lipinski definition) is 4. The van der Waals surface area contributed by atoms with Crippen LogP contribution in [0.4, 0.5) is 0 Å². The first-order valence-corrected chi connectivity index (χ1v) is 9.09. The van der Waals surface area contributed by atoms with Crippen LogP contribution in [0.1, 0.15) is 40.8 Å². The minimum atomic E-state index is -1.10. The van der Waals surface area contributed by atoms with E-state index in [0.29, 0.717) is 18.8 Å². The summed E-state index contributed by atoms with van der Waals surface area (Å²) in [6, 6.07) is 12.0. The number of benzene rings is 2. The molecule has 4 rings (SSSR count). The molecule has 2 aromatic rings. The topological polar surface area (TPSA) is 84.9 Å². The van der Waals surface area contributed by atoms with Gasteiger partial charge in [0.1, 0.15) is 5.75 Å². The van der Waals surface area contributed by atoms with Gasteiger partial charge in [0.05, 0.1) is 25.7 Å². The Hall–Kier alpha value is -2.86. The lowest BCUT2D eigenvalue weighted by Gasteiger charge is -2.26. The fourth-order valence-corrected chi connectivity index (χ4v) is 3.71. The second-order valence-electron chi connectivity index (χ2n) is 6.82. The third kappa shape index (κ3) is 3.66. The number of ether oxygens (including phenoxy) is 2. The molecule has 0 aliphatic carbocycles. The zero-order valence-corrected chi connectivity index (χ0v) is 14.8. The SMILES string of the molecule is O=C(CC1OCCc2ccccc21)NC(C(=O)O)c1ccc2c(c1)CCO2. The molecule has 2 aliphatic heterocycles. The van der Waals surface area contributed by atoms with Crippen LogP contribution < -0.4 is 10.1 Å². The van der Waals surface area contributed by atoms with Gasteiger partial charge in [0.15, 0.2) is 6.04 Å². The zero-order valence-electron chi connectivity index (χ0n) is 14.8. The van der Waals surface area contributed by atoms with Gasteiger partial charge in [0.2, 0.25) is 5.91 Å². The Morgan fingerprint density at radius 3 is 2.78 bits per heavy atom. The lowest BCUT2D eigenvalue weighted by molar-refractivity contribution is -0.142. The Bertz CT molecular complexity index is 879. The van der Waals surface area contributed by atoms with Crippen LogP contribution in [-0.4, -0.2) is 30.2 Å². The highest BCUT2D eigenvalue weighted by atomic mass is 16.5. The molecule has 2 aromatic carbocycles. The van der Waals surface area contributed by atoms with E-state index in [1.54, 1.807) is 18.2 Å². The number of rotatable bonds is 5. The van der Waals surface area contributed by atoms with Crippen LogP contribution in [0.5, 0.6) is 5.75 Å². The summed E-state index contributed by atoms with van der Waals surface area (Å²) >= 11 is 0. The maximum atomic E-state index is 12.6. The number of amides is 1. The van der Waals surface area contributed by atoms with E-state index in [1.165, 1.54) is 5.56 Å². The van der Waals surface area contributed by atoms with Crippen molar-refractivity contribution < 1.29 is 24.2 Å². The first-order valence-electron chi connectivity index (χ1n) is 9.09. The summed E-state index contributed by atoms with van der Waals surface area (Å²) in [4.78, 5) is 24.3. The Morgan fingerprint density at radius 2 is 1.93 bits per heavy atom. The number of carboxylic acid groups (broad SMARTS) is 1. The molecule has 2 N–H and O–H groups in total. The van der Waals surface area contributed by atoms with Gasteiger partial charge in [0, 0.05) is 6.42 Å². The van der Waals surface area contributed by atoms with Crippen molar-refractivity contribution in [3.63, 3.8) is 0 Å². The maximum absolute atomic E-state index is 12.6. The first-order chi connectivity index (χ1) is 13.1. The smallest absolute Gasteiger partial charge is 0.330 e. The van der Waals surface area contributed by atoms with Crippen LogP contribution in [-0.2, 0) is 27.2 Å².